The van der Waals surface area contributed by atoms with Crippen LogP contribution in [-0.2, 0) is 11.3 Å². The maximum Gasteiger partial charge on any atom is 0.242 e. The number of ether oxygens (including phenoxy) is 1. The van der Waals surface area contributed by atoms with Crippen LogP contribution in [0.4, 0.5) is 0 Å². The first kappa shape index (κ1) is 17.8. The van der Waals surface area contributed by atoms with Crippen LogP contribution < -0.4 is 4.74 Å². The molecule has 0 aliphatic rings. The smallest absolute Gasteiger partial charge is 0.242 e. The number of benzene rings is 1. The van der Waals surface area contributed by atoms with Crippen LogP contribution in [0.25, 0.3) is 0 Å². The van der Waals surface area contributed by atoms with Gasteiger partial charge in [0, 0.05) is 19.8 Å². The molecular formula is C16H19N5O2S. The lowest BCUT2D eigenvalue weighted by Gasteiger charge is -2.13. The lowest BCUT2D eigenvalue weighted by molar-refractivity contribution is -0.129. The summed E-state index contributed by atoms with van der Waals surface area (Å²) >= 11 is 1.46. The summed E-state index contributed by atoms with van der Waals surface area (Å²) in [5.41, 5.74) is 0.512. The number of carbonyl (C=O) groups excluding carboxylic acids is 1. The van der Waals surface area contributed by atoms with E-state index in [-0.39, 0.29) is 12.5 Å². The Kier molecular flexibility index (Phi) is 6.21. The molecule has 0 N–H and O–H groups in total. The Hall–Kier alpha value is -2.53. The van der Waals surface area contributed by atoms with E-state index in [9.17, 15) is 4.79 Å². The predicted molar refractivity (Wildman–Crippen MR) is 90.8 cm³/mol. The summed E-state index contributed by atoms with van der Waals surface area (Å²) in [6.45, 7) is 2.46. The standard InChI is InChI=1S/C16H19N5O2S/c1-12-18-19-16(21(12)11-15(22)20(2)3)24-9-8-23-14-7-5-4-6-13(14)10-17/h4-7H,8-9,11H2,1-3H3. The Morgan fingerprint density at radius 1 is 1.38 bits per heavy atom. The van der Waals surface area contributed by atoms with Crippen molar-refractivity contribution >= 4 is 17.7 Å². The van der Waals surface area contributed by atoms with E-state index < -0.39 is 0 Å². The number of nitriles is 1. The van der Waals surface area contributed by atoms with Gasteiger partial charge in [0.2, 0.25) is 5.91 Å². The van der Waals surface area contributed by atoms with Gasteiger partial charge in [0.1, 0.15) is 24.2 Å². The quantitative estimate of drug-likeness (QED) is 0.561. The van der Waals surface area contributed by atoms with E-state index in [1.165, 1.54) is 16.7 Å². The molecule has 0 saturated heterocycles. The van der Waals surface area contributed by atoms with Gasteiger partial charge in [0.05, 0.1) is 12.2 Å². The van der Waals surface area contributed by atoms with Crippen LogP contribution in [0.3, 0.4) is 0 Å². The first-order valence-corrected chi connectivity index (χ1v) is 8.36. The van der Waals surface area contributed by atoms with Gasteiger partial charge < -0.3 is 9.64 Å². The molecule has 1 amide bonds. The fraction of sp³-hybridized carbons (Fsp3) is 0.375. The van der Waals surface area contributed by atoms with E-state index in [2.05, 4.69) is 16.3 Å². The summed E-state index contributed by atoms with van der Waals surface area (Å²) in [6, 6.07) is 9.21. The topological polar surface area (TPSA) is 84.0 Å². The summed E-state index contributed by atoms with van der Waals surface area (Å²) in [5, 5.41) is 17.8. The van der Waals surface area contributed by atoms with E-state index >= 15 is 0 Å². The molecule has 0 spiro atoms. The fourth-order valence-corrected chi connectivity index (χ4v) is 2.70. The largest absolute Gasteiger partial charge is 0.491 e. The molecule has 1 aromatic heterocycles. The molecule has 1 aromatic carbocycles. The number of nitrogens with zero attached hydrogens (tertiary/aromatic N) is 5. The number of para-hydroxylation sites is 1. The van der Waals surface area contributed by atoms with E-state index in [0.717, 1.165) is 0 Å². The highest BCUT2D eigenvalue weighted by molar-refractivity contribution is 7.99. The number of hydrogen-bond acceptors (Lipinski definition) is 6. The molecule has 0 aliphatic carbocycles. The van der Waals surface area contributed by atoms with Gasteiger partial charge in [0.25, 0.3) is 0 Å². The van der Waals surface area contributed by atoms with Crippen LogP contribution in [0.1, 0.15) is 11.4 Å². The second kappa shape index (κ2) is 8.36. The molecule has 0 bridgehead atoms. The van der Waals surface area contributed by atoms with Gasteiger partial charge in [-0.2, -0.15) is 5.26 Å². The van der Waals surface area contributed by atoms with Gasteiger partial charge >= 0.3 is 0 Å². The molecule has 2 rings (SSSR count). The van der Waals surface area contributed by atoms with Crippen LogP contribution in [0, 0.1) is 18.3 Å². The summed E-state index contributed by atoms with van der Waals surface area (Å²) < 4.78 is 7.43. The Labute approximate surface area is 145 Å². The molecule has 1 heterocycles. The van der Waals surface area contributed by atoms with Crippen molar-refractivity contribution in [1.29, 1.82) is 5.26 Å². The maximum absolute atomic E-state index is 11.9. The van der Waals surface area contributed by atoms with Gasteiger partial charge in [0.15, 0.2) is 5.16 Å². The maximum atomic E-state index is 11.9. The lowest BCUT2D eigenvalue weighted by Crippen LogP contribution is -2.27. The molecule has 0 unspecified atom stereocenters. The van der Waals surface area contributed by atoms with Gasteiger partial charge in [-0.25, -0.2) is 0 Å². The lowest BCUT2D eigenvalue weighted by atomic mass is 10.2. The van der Waals surface area contributed by atoms with Crippen LogP contribution in [0.5, 0.6) is 5.75 Å². The molecule has 8 heteroatoms. The summed E-state index contributed by atoms with van der Waals surface area (Å²) in [4.78, 5) is 13.4. The number of aromatic nitrogens is 3. The van der Waals surface area contributed by atoms with Gasteiger partial charge in [-0.15, -0.1) is 10.2 Å². The molecule has 2 aromatic rings. The van der Waals surface area contributed by atoms with Crippen LogP contribution in [0.2, 0.25) is 0 Å². The Bertz CT molecular complexity index is 751. The first-order chi connectivity index (χ1) is 11.5. The van der Waals surface area contributed by atoms with Crippen LogP contribution >= 0.6 is 11.8 Å². The minimum atomic E-state index is -0.0149. The summed E-state index contributed by atoms with van der Waals surface area (Å²) in [6.07, 6.45) is 0. The Balaban J connectivity index is 1.91. The first-order valence-electron chi connectivity index (χ1n) is 7.37. The highest BCUT2D eigenvalue weighted by Gasteiger charge is 2.14. The SMILES string of the molecule is Cc1nnc(SCCOc2ccccc2C#N)n1CC(=O)N(C)C. The minimum Gasteiger partial charge on any atom is -0.491 e. The number of rotatable bonds is 7. The monoisotopic (exact) mass is 345 g/mol. The minimum absolute atomic E-state index is 0.0149. The summed E-state index contributed by atoms with van der Waals surface area (Å²) in [5.74, 6) is 1.89. The Morgan fingerprint density at radius 3 is 2.83 bits per heavy atom. The van der Waals surface area contributed by atoms with E-state index in [0.29, 0.717) is 34.7 Å². The van der Waals surface area contributed by atoms with E-state index in [1.807, 2.05) is 13.0 Å². The molecule has 0 saturated carbocycles. The predicted octanol–water partition coefficient (Wildman–Crippen LogP) is 1.72. The average Bonchev–Trinajstić information content (AvgIpc) is 2.92. The molecule has 7 nitrogen and oxygen atoms in total. The number of aryl methyl sites for hydroxylation is 1. The van der Waals surface area contributed by atoms with Crippen molar-refractivity contribution < 1.29 is 9.53 Å². The molecule has 0 fully saturated rings. The van der Waals surface area contributed by atoms with Gasteiger partial charge in [-0.1, -0.05) is 23.9 Å². The van der Waals surface area contributed by atoms with Crippen molar-refractivity contribution in [2.75, 3.05) is 26.5 Å². The number of amides is 1. The van der Waals surface area contributed by atoms with Gasteiger partial charge in [-0.05, 0) is 19.1 Å². The molecule has 0 aliphatic heterocycles. The third-order valence-corrected chi connectivity index (χ3v) is 4.20. The van der Waals surface area contributed by atoms with Crippen molar-refractivity contribution in [2.24, 2.45) is 0 Å². The highest BCUT2D eigenvalue weighted by atomic mass is 32.2. The number of likely N-dealkylation sites (N-methyl/N-ethyl adjacent to an activating group) is 1. The van der Waals surface area contributed by atoms with Gasteiger partial charge in [-0.3, -0.25) is 9.36 Å². The molecule has 0 atom stereocenters. The van der Waals surface area contributed by atoms with Crippen LogP contribution in [-0.4, -0.2) is 52.0 Å². The Morgan fingerprint density at radius 2 is 2.12 bits per heavy atom. The van der Waals surface area contributed by atoms with E-state index in [1.54, 1.807) is 36.9 Å². The highest BCUT2D eigenvalue weighted by Crippen LogP contribution is 2.19. The van der Waals surface area contributed by atoms with Crippen molar-refractivity contribution in [1.82, 2.24) is 19.7 Å². The second-order valence-corrected chi connectivity index (χ2v) is 6.27. The van der Waals surface area contributed by atoms with Crippen molar-refractivity contribution in [2.45, 2.75) is 18.6 Å². The normalized spacial score (nSPS) is 10.2. The van der Waals surface area contributed by atoms with Crippen molar-refractivity contribution in [3.8, 4) is 11.8 Å². The van der Waals surface area contributed by atoms with Crippen LogP contribution in [0.15, 0.2) is 29.4 Å². The average molecular weight is 345 g/mol. The number of hydrogen-bond donors (Lipinski definition) is 0. The fourth-order valence-electron chi connectivity index (χ4n) is 1.90. The van der Waals surface area contributed by atoms with E-state index in [4.69, 9.17) is 10.00 Å². The zero-order valence-corrected chi connectivity index (χ0v) is 14.7. The third kappa shape index (κ3) is 4.49. The molecule has 0 radical (unpaired) electrons. The van der Waals surface area contributed by atoms with Crippen molar-refractivity contribution in [3.05, 3.63) is 35.7 Å². The zero-order valence-electron chi connectivity index (χ0n) is 13.9. The van der Waals surface area contributed by atoms with Crippen molar-refractivity contribution in [3.63, 3.8) is 0 Å². The second-order valence-electron chi connectivity index (χ2n) is 5.21. The summed E-state index contributed by atoms with van der Waals surface area (Å²) in [7, 11) is 3.44. The third-order valence-electron chi connectivity index (χ3n) is 3.27. The zero-order chi connectivity index (χ0) is 17.5. The molecule has 24 heavy (non-hydrogen) atoms. The number of thioether (sulfide) groups is 1. The molecule has 126 valence electrons. The molecular weight excluding hydrogens is 326 g/mol. The number of carbonyl (C=O) groups is 1.